The summed E-state index contributed by atoms with van der Waals surface area (Å²) in [6, 6.07) is 0.106. The van der Waals surface area contributed by atoms with Gasteiger partial charge in [-0.25, -0.2) is 8.42 Å². The van der Waals surface area contributed by atoms with Gasteiger partial charge in [0, 0.05) is 18.8 Å². The minimum Gasteiger partial charge on any atom is -0.339 e. The number of carbonyl (C=O) groups is 1. The summed E-state index contributed by atoms with van der Waals surface area (Å²) in [5, 5.41) is -0.957. The van der Waals surface area contributed by atoms with Crippen LogP contribution in [0.4, 0.5) is 0 Å². The standard InChI is InChI=1S/C11H22N2O3S/c1-8-4-5-10(6-12)7-13(8)11(14)9(2)17(3,15)16/h8-10H,4-7,12H2,1-3H3. The fourth-order valence-corrected chi connectivity index (χ4v) is 2.60. The number of likely N-dealkylation sites (tertiary alicyclic amines) is 1. The Morgan fingerprint density at radius 2 is 2.06 bits per heavy atom. The molecule has 2 N–H and O–H groups in total. The second kappa shape index (κ2) is 5.35. The molecule has 0 bridgehead atoms. The van der Waals surface area contributed by atoms with Crippen molar-refractivity contribution >= 4 is 15.7 Å². The number of nitrogens with two attached hydrogens (primary N) is 1. The molecule has 1 amide bonds. The third-order valence-corrected chi connectivity index (χ3v) is 5.07. The molecular formula is C11H22N2O3S. The number of sulfone groups is 1. The Morgan fingerprint density at radius 3 is 2.53 bits per heavy atom. The molecule has 0 saturated carbocycles. The molecule has 6 heteroatoms. The van der Waals surface area contributed by atoms with Crippen LogP contribution >= 0.6 is 0 Å². The summed E-state index contributed by atoms with van der Waals surface area (Å²) >= 11 is 0. The molecule has 5 nitrogen and oxygen atoms in total. The average Bonchev–Trinajstić information content (AvgIpc) is 2.26. The Bertz CT molecular complexity index is 380. The van der Waals surface area contributed by atoms with Crippen molar-refractivity contribution in [3.8, 4) is 0 Å². The highest BCUT2D eigenvalue weighted by atomic mass is 32.2. The van der Waals surface area contributed by atoms with Gasteiger partial charge in [0.05, 0.1) is 0 Å². The number of amides is 1. The SMILES string of the molecule is CC1CCC(CN)CN1C(=O)C(C)S(C)(=O)=O. The van der Waals surface area contributed by atoms with Gasteiger partial charge >= 0.3 is 0 Å². The highest BCUT2D eigenvalue weighted by Crippen LogP contribution is 2.22. The van der Waals surface area contributed by atoms with Crippen molar-refractivity contribution in [2.75, 3.05) is 19.3 Å². The zero-order valence-electron chi connectivity index (χ0n) is 10.7. The lowest BCUT2D eigenvalue weighted by Gasteiger charge is -2.38. The molecule has 1 rings (SSSR count). The summed E-state index contributed by atoms with van der Waals surface area (Å²) in [5.41, 5.74) is 5.62. The van der Waals surface area contributed by atoms with Crippen molar-refractivity contribution in [2.45, 2.75) is 38.0 Å². The van der Waals surface area contributed by atoms with Crippen molar-refractivity contribution in [3.05, 3.63) is 0 Å². The van der Waals surface area contributed by atoms with Gasteiger partial charge in [0.2, 0.25) is 5.91 Å². The van der Waals surface area contributed by atoms with E-state index < -0.39 is 15.1 Å². The van der Waals surface area contributed by atoms with Gasteiger partial charge in [0.25, 0.3) is 0 Å². The van der Waals surface area contributed by atoms with E-state index in [0.29, 0.717) is 19.0 Å². The maximum absolute atomic E-state index is 12.1. The fourth-order valence-electron chi connectivity index (χ4n) is 2.10. The lowest BCUT2D eigenvalue weighted by molar-refractivity contribution is -0.134. The third-order valence-electron chi connectivity index (χ3n) is 3.59. The van der Waals surface area contributed by atoms with Crippen molar-refractivity contribution in [1.29, 1.82) is 0 Å². The molecule has 0 radical (unpaired) electrons. The number of nitrogens with zero attached hydrogens (tertiary/aromatic N) is 1. The van der Waals surface area contributed by atoms with Gasteiger partial charge in [-0.3, -0.25) is 4.79 Å². The normalized spacial score (nSPS) is 27.9. The Kier molecular flexibility index (Phi) is 4.55. The van der Waals surface area contributed by atoms with Crippen LogP contribution in [-0.4, -0.2) is 49.9 Å². The highest BCUT2D eigenvalue weighted by Gasteiger charge is 2.34. The van der Waals surface area contributed by atoms with Gasteiger partial charge in [-0.15, -0.1) is 0 Å². The lowest BCUT2D eigenvalue weighted by atomic mass is 9.93. The van der Waals surface area contributed by atoms with Gasteiger partial charge < -0.3 is 10.6 Å². The van der Waals surface area contributed by atoms with Crippen LogP contribution in [0.15, 0.2) is 0 Å². The van der Waals surface area contributed by atoms with E-state index in [1.807, 2.05) is 6.92 Å². The molecule has 0 aromatic heterocycles. The number of carbonyl (C=O) groups excluding carboxylic acids is 1. The summed E-state index contributed by atoms with van der Waals surface area (Å²) < 4.78 is 22.8. The van der Waals surface area contributed by atoms with E-state index in [9.17, 15) is 13.2 Å². The largest absolute Gasteiger partial charge is 0.339 e. The second-order valence-electron chi connectivity index (χ2n) is 4.99. The maximum atomic E-state index is 12.1. The van der Waals surface area contributed by atoms with E-state index in [1.165, 1.54) is 6.92 Å². The average molecular weight is 262 g/mol. The zero-order valence-corrected chi connectivity index (χ0v) is 11.5. The van der Waals surface area contributed by atoms with Crippen molar-refractivity contribution in [2.24, 2.45) is 11.7 Å². The summed E-state index contributed by atoms with van der Waals surface area (Å²) in [6.45, 7) is 4.54. The monoisotopic (exact) mass is 262 g/mol. The molecule has 1 aliphatic heterocycles. The number of rotatable bonds is 3. The molecule has 1 aliphatic rings. The van der Waals surface area contributed by atoms with E-state index in [4.69, 9.17) is 5.73 Å². The summed E-state index contributed by atoms with van der Waals surface area (Å²) in [5.74, 6) is 0.0000557. The van der Waals surface area contributed by atoms with Gasteiger partial charge in [-0.05, 0) is 39.2 Å². The topological polar surface area (TPSA) is 80.5 Å². The van der Waals surface area contributed by atoms with Crippen molar-refractivity contribution < 1.29 is 13.2 Å². The van der Waals surface area contributed by atoms with Crippen LogP contribution in [0.3, 0.4) is 0 Å². The first-order chi connectivity index (χ1) is 7.77. The van der Waals surface area contributed by atoms with Crippen molar-refractivity contribution in [1.82, 2.24) is 4.90 Å². The van der Waals surface area contributed by atoms with E-state index in [2.05, 4.69) is 0 Å². The first-order valence-electron chi connectivity index (χ1n) is 5.96. The lowest BCUT2D eigenvalue weighted by Crippen LogP contribution is -2.51. The molecule has 17 heavy (non-hydrogen) atoms. The predicted molar refractivity (Wildman–Crippen MR) is 67.3 cm³/mol. The molecule has 1 fully saturated rings. The highest BCUT2D eigenvalue weighted by molar-refractivity contribution is 7.92. The van der Waals surface area contributed by atoms with Crippen LogP contribution < -0.4 is 5.73 Å². The molecule has 0 aliphatic carbocycles. The molecule has 3 unspecified atom stereocenters. The van der Waals surface area contributed by atoms with E-state index in [-0.39, 0.29) is 11.9 Å². The number of hydrogen-bond acceptors (Lipinski definition) is 4. The molecule has 0 aromatic carbocycles. The quantitative estimate of drug-likeness (QED) is 0.776. The number of hydrogen-bond donors (Lipinski definition) is 1. The first kappa shape index (κ1) is 14.4. The van der Waals surface area contributed by atoms with Crippen LogP contribution in [0, 0.1) is 5.92 Å². The van der Waals surface area contributed by atoms with Crippen LogP contribution in [0.25, 0.3) is 0 Å². The molecule has 1 saturated heterocycles. The van der Waals surface area contributed by atoms with E-state index in [0.717, 1.165) is 19.1 Å². The maximum Gasteiger partial charge on any atom is 0.240 e. The second-order valence-corrected chi connectivity index (χ2v) is 7.36. The Balaban J connectivity index is 2.80. The van der Waals surface area contributed by atoms with Crippen molar-refractivity contribution in [3.63, 3.8) is 0 Å². The number of piperidine rings is 1. The van der Waals surface area contributed by atoms with Crippen LogP contribution in [-0.2, 0) is 14.6 Å². The Hall–Kier alpha value is -0.620. The minimum atomic E-state index is -3.32. The van der Waals surface area contributed by atoms with Gasteiger partial charge in [-0.2, -0.15) is 0 Å². The smallest absolute Gasteiger partial charge is 0.240 e. The molecule has 100 valence electrons. The Labute approximate surface area is 103 Å². The predicted octanol–water partition coefficient (Wildman–Crippen LogP) is 0.00530. The van der Waals surface area contributed by atoms with Crippen LogP contribution in [0.2, 0.25) is 0 Å². The molecule has 0 spiro atoms. The zero-order chi connectivity index (χ0) is 13.2. The molecule has 3 atom stereocenters. The minimum absolute atomic E-state index is 0.106. The molecule has 1 heterocycles. The van der Waals surface area contributed by atoms with Crippen LogP contribution in [0.5, 0.6) is 0 Å². The van der Waals surface area contributed by atoms with E-state index >= 15 is 0 Å². The van der Waals surface area contributed by atoms with Gasteiger partial charge in [-0.1, -0.05) is 0 Å². The summed E-state index contributed by atoms with van der Waals surface area (Å²) in [4.78, 5) is 13.8. The van der Waals surface area contributed by atoms with E-state index in [1.54, 1.807) is 4.90 Å². The summed E-state index contributed by atoms with van der Waals surface area (Å²) in [7, 11) is -3.32. The fraction of sp³-hybridized carbons (Fsp3) is 0.909. The Morgan fingerprint density at radius 1 is 1.47 bits per heavy atom. The van der Waals surface area contributed by atoms with Gasteiger partial charge in [0.15, 0.2) is 9.84 Å². The summed E-state index contributed by atoms with van der Waals surface area (Å²) in [6.07, 6.45) is 3.00. The first-order valence-corrected chi connectivity index (χ1v) is 7.92. The molecule has 0 aromatic rings. The van der Waals surface area contributed by atoms with Gasteiger partial charge in [0.1, 0.15) is 5.25 Å². The molecular weight excluding hydrogens is 240 g/mol. The van der Waals surface area contributed by atoms with Crippen LogP contribution in [0.1, 0.15) is 26.7 Å². The third kappa shape index (κ3) is 3.42.